The van der Waals surface area contributed by atoms with E-state index in [2.05, 4.69) is 31.9 Å². The molecule has 3 N–H and O–H groups in total. The Morgan fingerprint density at radius 3 is 2.42 bits per heavy atom. The monoisotopic (exact) mass is 293 g/mol. The number of nitrogens with two attached hydrogens (primary N) is 1. The highest BCUT2D eigenvalue weighted by atomic mass is 79.9. The Labute approximate surface area is 85.8 Å². The maximum absolute atomic E-state index is 10.8. The summed E-state index contributed by atoms with van der Waals surface area (Å²) < 4.78 is 0.897. The molecule has 0 aromatic heterocycles. The number of carbonyl (C=O) groups is 1. The van der Waals surface area contributed by atoms with Gasteiger partial charge in [-0.25, -0.2) is 0 Å². The summed E-state index contributed by atoms with van der Waals surface area (Å²) in [6, 6.07) is 2.85. The molecule has 1 amide bonds. The zero-order valence-electron chi connectivity index (χ0n) is 5.84. The lowest BCUT2D eigenvalue weighted by molar-refractivity contribution is 0.0999. The van der Waals surface area contributed by atoms with Gasteiger partial charge in [-0.05, 0) is 44.0 Å². The molecule has 0 aliphatic heterocycles. The number of hydrogen-bond acceptors (Lipinski definition) is 2. The molecule has 0 aliphatic carbocycles. The molecule has 12 heavy (non-hydrogen) atoms. The number of amides is 1. The number of hydrogen-bond donors (Lipinski definition) is 2. The summed E-state index contributed by atoms with van der Waals surface area (Å²) in [4.78, 5) is 10.8. The third-order valence-electron chi connectivity index (χ3n) is 1.33. The summed E-state index contributed by atoms with van der Waals surface area (Å²) >= 11 is 6.22. The zero-order valence-corrected chi connectivity index (χ0v) is 9.02. The van der Waals surface area contributed by atoms with Crippen LogP contribution in [0.15, 0.2) is 21.1 Å². The predicted molar refractivity (Wildman–Crippen MR) is 52.0 cm³/mol. The molecule has 1 aromatic rings. The fraction of sp³-hybridized carbons (Fsp3) is 0. The Balaban J connectivity index is 3.36. The SMILES string of the molecule is NC(=O)c1ccc(O)c(Br)c1Br. The summed E-state index contributed by atoms with van der Waals surface area (Å²) in [5.74, 6) is -0.477. The topological polar surface area (TPSA) is 63.3 Å². The number of halogens is 2. The number of rotatable bonds is 1. The molecule has 0 aliphatic rings. The highest BCUT2D eigenvalue weighted by molar-refractivity contribution is 9.13. The molecular formula is C7H5Br2NO2. The first kappa shape index (κ1) is 9.54. The van der Waals surface area contributed by atoms with Crippen LogP contribution >= 0.6 is 31.9 Å². The quantitative estimate of drug-likeness (QED) is 0.832. The minimum atomic E-state index is -0.539. The summed E-state index contributed by atoms with van der Waals surface area (Å²) in [6.45, 7) is 0. The first-order valence-electron chi connectivity index (χ1n) is 3.01. The van der Waals surface area contributed by atoms with Gasteiger partial charge < -0.3 is 10.8 Å². The predicted octanol–water partition coefficient (Wildman–Crippen LogP) is 2.02. The molecule has 5 heteroatoms. The maximum atomic E-state index is 10.8. The lowest BCUT2D eigenvalue weighted by Crippen LogP contribution is -2.11. The van der Waals surface area contributed by atoms with E-state index in [9.17, 15) is 9.90 Å². The van der Waals surface area contributed by atoms with Gasteiger partial charge in [-0.1, -0.05) is 0 Å². The van der Waals surface area contributed by atoms with Crippen LogP contribution in [0, 0.1) is 0 Å². The van der Waals surface area contributed by atoms with Crippen molar-refractivity contribution in [2.24, 2.45) is 5.73 Å². The molecule has 0 unspecified atom stereocenters. The lowest BCUT2D eigenvalue weighted by Gasteiger charge is -2.03. The Morgan fingerprint density at radius 2 is 1.92 bits per heavy atom. The first-order valence-corrected chi connectivity index (χ1v) is 4.59. The number of carbonyl (C=O) groups excluding carboxylic acids is 1. The van der Waals surface area contributed by atoms with Gasteiger partial charge in [-0.2, -0.15) is 0 Å². The standard InChI is InChI=1S/C7H5Br2NO2/c8-5-3(7(10)12)1-2-4(11)6(5)9/h1-2,11H,(H2,10,12). The highest BCUT2D eigenvalue weighted by Crippen LogP contribution is 2.33. The second kappa shape index (κ2) is 3.45. The molecule has 0 radical (unpaired) electrons. The second-order valence-corrected chi connectivity index (χ2v) is 3.71. The summed E-state index contributed by atoms with van der Waals surface area (Å²) in [6.07, 6.45) is 0. The Bertz CT molecular complexity index is 338. The van der Waals surface area contributed by atoms with E-state index in [0.29, 0.717) is 14.5 Å². The number of benzene rings is 1. The molecule has 1 rings (SSSR count). The molecule has 0 saturated carbocycles. The van der Waals surface area contributed by atoms with E-state index in [4.69, 9.17) is 5.73 Å². The van der Waals surface area contributed by atoms with E-state index in [-0.39, 0.29) is 5.75 Å². The van der Waals surface area contributed by atoms with Crippen LogP contribution in [0.5, 0.6) is 5.75 Å². The molecule has 0 heterocycles. The molecule has 0 fully saturated rings. The molecule has 1 aromatic carbocycles. The minimum Gasteiger partial charge on any atom is -0.507 e. The van der Waals surface area contributed by atoms with Crippen molar-refractivity contribution in [3.63, 3.8) is 0 Å². The van der Waals surface area contributed by atoms with Crippen molar-refractivity contribution in [3.05, 3.63) is 26.6 Å². The molecular weight excluding hydrogens is 290 g/mol. The van der Waals surface area contributed by atoms with Crippen LogP contribution in [-0.4, -0.2) is 11.0 Å². The minimum absolute atomic E-state index is 0.0619. The molecule has 0 atom stereocenters. The van der Waals surface area contributed by atoms with Gasteiger partial charge in [-0.15, -0.1) is 0 Å². The van der Waals surface area contributed by atoms with Crippen molar-refractivity contribution in [1.82, 2.24) is 0 Å². The van der Waals surface area contributed by atoms with Gasteiger partial charge in [0.25, 0.3) is 0 Å². The van der Waals surface area contributed by atoms with Gasteiger partial charge in [0.05, 0.1) is 10.0 Å². The number of aromatic hydroxyl groups is 1. The fourth-order valence-electron chi connectivity index (χ4n) is 0.730. The van der Waals surface area contributed by atoms with Gasteiger partial charge >= 0.3 is 0 Å². The van der Waals surface area contributed by atoms with Gasteiger partial charge in [0.1, 0.15) is 5.75 Å². The normalized spacial score (nSPS) is 9.83. The van der Waals surface area contributed by atoms with Crippen molar-refractivity contribution < 1.29 is 9.90 Å². The Morgan fingerprint density at radius 1 is 1.33 bits per heavy atom. The van der Waals surface area contributed by atoms with Crippen LogP contribution in [0.3, 0.4) is 0 Å². The van der Waals surface area contributed by atoms with Gasteiger partial charge in [0, 0.05) is 4.47 Å². The van der Waals surface area contributed by atoms with Crippen molar-refractivity contribution in [1.29, 1.82) is 0 Å². The molecule has 0 saturated heterocycles. The maximum Gasteiger partial charge on any atom is 0.249 e. The van der Waals surface area contributed by atoms with Crippen molar-refractivity contribution in [2.45, 2.75) is 0 Å². The van der Waals surface area contributed by atoms with Crippen LogP contribution in [0.4, 0.5) is 0 Å². The summed E-state index contributed by atoms with van der Waals surface area (Å²) in [5.41, 5.74) is 5.40. The van der Waals surface area contributed by atoms with Crippen LogP contribution in [0.1, 0.15) is 10.4 Å². The average Bonchev–Trinajstić information content (AvgIpc) is 2.00. The van der Waals surface area contributed by atoms with E-state index in [1.54, 1.807) is 0 Å². The van der Waals surface area contributed by atoms with Crippen molar-refractivity contribution in [3.8, 4) is 5.75 Å². The zero-order chi connectivity index (χ0) is 9.30. The molecule has 0 bridgehead atoms. The third-order valence-corrected chi connectivity index (χ3v) is 3.49. The van der Waals surface area contributed by atoms with Crippen molar-refractivity contribution >= 4 is 37.8 Å². The molecule has 64 valence electrons. The van der Waals surface area contributed by atoms with Gasteiger partial charge in [-0.3, -0.25) is 4.79 Å². The lowest BCUT2D eigenvalue weighted by atomic mass is 10.2. The smallest absolute Gasteiger partial charge is 0.249 e. The van der Waals surface area contributed by atoms with E-state index in [1.165, 1.54) is 12.1 Å². The van der Waals surface area contributed by atoms with Gasteiger partial charge in [0.2, 0.25) is 5.91 Å². The largest absolute Gasteiger partial charge is 0.507 e. The Hall–Kier alpha value is -0.550. The summed E-state index contributed by atoms with van der Waals surface area (Å²) in [5, 5.41) is 9.18. The highest BCUT2D eigenvalue weighted by Gasteiger charge is 2.11. The third kappa shape index (κ3) is 1.61. The number of phenols is 1. The van der Waals surface area contributed by atoms with Crippen LogP contribution in [0.25, 0.3) is 0 Å². The molecule has 3 nitrogen and oxygen atoms in total. The Kier molecular flexibility index (Phi) is 2.74. The second-order valence-electron chi connectivity index (χ2n) is 2.12. The van der Waals surface area contributed by atoms with Crippen molar-refractivity contribution in [2.75, 3.05) is 0 Å². The molecule has 0 spiro atoms. The number of phenolic OH excluding ortho intramolecular Hbond substituents is 1. The van der Waals surface area contributed by atoms with Gasteiger partial charge in [0.15, 0.2) is 0 Å². The van der Waals surface area contributed by atoms with E-state index in [1.807, 2.05) is 0 Å². The average molecular weight is 295 g/mol. The number of primary amides is 1. The fourth-order valence-corrected chi connectivity index (χ4v) is 1.61. The first-order chi connectivity index (χ1) is 5.54. The van der Waals surface area contributed by atoms with E-state index >= 15 is 0 Å². The van der Waals surface area contributed by atoms with Crippen LogP contribution < -0.4 is 5.73 Å². The van der Waals surface area contributed by atoms with Crippen LogP contribution in [0.2, 0.25) is 0 Å². The van der Waals surface area contributed by atoms with E-state index < -0.39 is 5.91 Å². The summed E-state index contributed by atoms with van der Waals surface area (Å²) in [7, 11) is 0. The van der Waals surface area contributed by atoms with E-state index in [0.717, 1.165) is 0 Å². The van der Waals surface area contributed by atoms with Crippen LogP contribution in [-0.2, 0) is 0 Å².